The Kier molecular flexibility index (Phi) is 3.92. The minimum absolute atomic E-state index is 0.0128. The minimum Gasteiger partial charge on any atom is -0.493 e. The summed E-state index contributed by atoms with van der Waals surface area (Å²) < 4.78 is 5.45. The summed E-state index contributed by atoms with van der Waals surface area (Å²) in [5.74, 6) is 1.46. The van der Waals surface area contributed by atoms with Crippen molar-refractivity contribution in [3.63, 3.8) is 0 Å². The van der Waals surface area contributed by atoms with E-state index in [0.717, 1.165) is 49.3 Å². The predicted octanol–water partition coefficient (Wildman–Crippen LogP) is 1.87. The normalized spacial score (nSPS) is 24.9. The molecule has 1 fully saturated rings. The Labute approximate surface area is 119 Å². The molecule has 0 radical (unpaired) electrons. The van der Waals surface area contributed by atoms with E-state index in [1.807, 2.05) is 18.2 Å². The van der Waals surface area contributed by atoms with Gasteiger partial charge in [0, 0.05) is 24.6 Å². The lowest BCUT2D eigenvalue weighted by atomic mass is 9.86. The highest BCUT2D eigenvalue weighted by molar-refractivity contribution is 5.94. The maximum absolute atomic E-state index is 12.2. The number of hydrogen-bond donors (Lipinski definition) is 2. The van der Waals surface area contributed by atoms with Gasteiger partial charge in [0.25, 0.3) is 5.91 Å². The summed E-state index contributed by atoms with van der Waals surface area (Å²) in [5, 5.41) is 3.05. The number of amides is 1. The second kappa shape index (κ2) is 5.83. The van der Waals surface area contributed by atoms with E-state index in [1.165, 1.54) is 12.8 Å². The summed E-state index contributed by atoms with van der Waals surface area (Å²) >= 11 is 0. The molecule has 0 aromatic heterocycles. The molecule has 1 aromatic carbocycles. The van der Waals surface area contributed by atoms with Gasteiger partial charge in [-0.25, -0.2) is 0 Å². The van der Waals surface area contributed by atoms with Crippen LogP contribution in [0, 0.1) is 5.92 Å². The van der Waals surface area contributed by atoms with E-state index in [-0.39, 0.29) is 5.91 Å². The number of hydrogen-bond acceptors (Lipinski definition) is 3. The molecule has 1 aliphatic carbocycles. The Morgan fingerprint density at radius 1 is 1.40 bits per heavy atom. The van der Waals surface area contributed by atoms with Gasteiger partial charge in [-0.05, 0) is 48.9 Å². The van der Waals surface area contributed by atoms with Crippen LogP contribution >= 0.6 is 0 Å². The zero-order chi connectivity index (χ0) is 13.9. The molecule has 1 saturated carbocycles. The van der Waals surface area contributed by atoms with E-state index in [2.05, 4.69) is 5.32 Å². The molecule has 1 aromatic rings. The lowest BCUT2D eigenvalue weighted by molar-refractivity contribution is 0.0942. The quantitative estimate of drug-likeness (QED) is 0.884. The predicted molar refractivity (Wildman–Crippen MR) is 77.9 cm³/mol. The van der Waals surface area contributed by atoms with Gasteiger partial charge in [0.05, 0.1) is 6.61 Å². The molecule has 2 unspecified atom stereocenters. The molecule has 1 amide bonds. The molecule has 4 nitrogen and oxygen atoms in total. The van der Waals surface area contributed by atoms with Gasteiger partial charge in [0.1, 0.15) is 5.75 Å². The van der Waals surface area contributed by atoms with Gasteiger partial charge in [-0.1, -0.05) is 6.42 Å². The number of fused-ring (bicyclic) bond motifs is 1. The van der Waals surface area contributed by atoms with Crippen LogP contribution in [0.5, 0.6) is 5.75 Å². The van der Waals surface area contributed by atoms with Crippen molar-refractivity contribution in [2.45, 2.75) is 38.1 Å². The van der Waals surface area contributed by atoms with E-state index >= 15 is 0 Å². The molecule has 3 rings (SSSR count). The molecular formula is C16H22N2O2. The zero-order valence-electron chi connectivity index (χ0n) is 11.7. The Hall–Kier alpha value is -1.55. The number of ether oxygens (including phenoxy) is 1. The topological polar surface area (TPSA) is 64.3 Å². The molecule has 1 heterocycles. The number of nitrogens with two attached hydrogens (primary N) is 1. The standard InChI is InChI=1S/C16H22N2O2/c17-14-3-1-2-11(8-14)10-18-16(19)13-4-5-15-12(9-13)6-7-20-15/h4-5,9,11,14H,1-3,6-8,10,17H2,(H,18,19). The van der Waals surface area contributed by atoms with Crippen molar-refractivity contribution in [2.75, 3.05) is 13.2 Å². The average molecular weight is 274 g/mol. The van der Waals surface area contributed by atoms with Gasteiger partial charge in [-0.3, -0.25) is 4.79 Å². The van der Waals surface area contributed by atoms with Crippen LogP contribution in [0.15, 0.2) is 18.2 Å². The first-order valence-corrected chi connectivity index (χ1v) is 7.52. The third-order valence-corrected chi connectivity index (χ3v) is 4.33. The molecule has 1 aliphatic heterocycles. The molecule has 0 saturated heterocycles. The monoisotopic (exact) mass is 274 g/mol. The molecular weight excluding hydrogens is 252 g/mol. The molecule has 3 N–H and O–H groups in total. The lowest BCUT2D eigenvalue weighted by Crippen LogP contribution is -2.35. The highest BCUT2D eigenvalue weighted by atomic mass is 16.5. The highest BCUT2D eigenvalue weighted by Crippen LogP contribution is 2.26. The summed E-state index contributed by atoms with van der Waals surface area (Å²) in [6, 6.07) is 5.99. The first-order chi connectivity index (χ1) is 9.72. The third kappa shape index (κ3) is 2.96. The Balaban J connectivity index is 1.56. The summed E-state index contributed by atoms with van der Waals surface area (Å²) in [4.78, 5) is 12.2. The Bertz CT molecular complexity index is 501. The first-order valence-electron chi connectivity index (χ1n) is 7.52. The molecule has 4 heteroatoms. The fourth-order valence-electron chi connectivity index (χ4n) is 3.18. The van der Waals surface area contributed by atoms with Crippen LogP contribution in [0.1, 0.15) is 41.6 Å². The van der Waals surface area contributed by atoms with E-state index in [4.69, 9.17) is 10.5 Å². The largest absolute Gasteiger partial charge is 0.493 e. The van der Waals surface area contributed by atoms with Crippen molar-refractivity contribution >= 4 is 5.91 Å². The van der Waals surface area contributed by atoms with Crippen molar-refractivity contribution in [1.29, 1.82) is 0 Å². The van der Waals surface area contributed by atoms with E-state index in [9.17, 15) is 4.79 Å². The van der Waals surface area contributed by atoms with E-state index in [0.29, 0.717) is 12.0 Å². The van der Waals surface area contributed by atoms with Crippen LogP contribution in [0.3, 0.4) is 0 Å². The number of benzene rings is 1. The molecule has 0 spiro atoms. The maximum Gasteiger partial charge on any atom is 0.251 e. The number of carbonyl (C=O) groups excluding carboxylic acids is 1. The second-order valence-corrected chi connectivity index (χ2v) is 5.92. The Morgan fingerprint density at radius 2 is 2.30 bits per heavy atom. The molecule has 20 heavy (non-hydrogen) atoms. The number of carbonyl (C=O) groups is 1. The first kappa shape index (κ1) is 13.4. The van der Waals surface area contributed by atoms with Crippen LogP contribution in [0.4, 0.5) is 0 Å². The van der Waals surface area contributed by atoms with Crippen LogP contribution in [-0.2, 0) is 6.42 Å². The Morgan fingerprint density at radius 3 is 3.15 bits per heavy atom. The number of nitrogens with one attached hydrogen (secondary N) is 1. The minimum atomic E-state index is 0.0128. The van der Waals surface area contributed by atoms with E-state index in [1.54, 1.807) is 0 Å². The van der Waals surface area contributed by atoms with Crippen molar-refractivity contribution in [3.05, 3.63) is 29.3 Å². The van der Waals surface area contributed by atoms with Crippen molar-refractivity contribution in [1.82, 2.24) is 5.32 Å². The fraction of sp³-hybridized carbons (Fsp3) is 0.562. The summed E-state index contributed by atoms with van der Waals surface area (Å²) in [5.41, 5.74) is 7.84. The fourth-order valence-corrected chi connectivity index (χ4v) is 3.18. The van der Waals surface area contributed by atoms with Crippen LogP contribution in [0.2, 0.25) is 0 Å². The average Bonchev–Trinajstić information content (AvgIpc) is 2.92. The summed E-state index contributed by atoms with van der Waals surface area (Å²) in [6.45, 7) is 1.46. The molecule has 2 aliphatic rings. The van der Waals surface area contributed by atoms with Crippen LogP contribution in [0.25, 0.3) is 0 Å². The number of rotatable bonds is 3. The zero-order valence-corrected chi connectivity index (χ0v) is 11.7. The smallest absolute Gasteiger partial charge is 0.251 e. The van der Waals surface area contributed by atoms with Gasteiger partial charge >= 0.3 is 0 Å². The lowest BCUT2D eigenvalue weighted by Gasteiger charge is -2.26. The summed E-state index contributed by atoms with van der Waals surface area (Å²) in [6.07, 6.45) is 5.39. The summed E-state index contributed by atoms with van der Waals surface area (Å²) in [7, 11) is 0. The molecule has 0 bridgehead atoms. The van der Waals surface area contributed by atoms with Crippen molar-refractivity contribution in [3.8, 4) is 5.75 Å². The van der Waals surface area contributed by atoms with E-state index < -0.39 is 0 Å². The van der Waals surface area contributed by atoms with Crippen molar-refractivity contribution < 1.29 is 9.53 Å². The highest BCUT2D eigenvalue weighted by Gasteiger charge is 2.20. The molecule has 2 atom stereocenters. The third-order valence-electron chi connectivity index (χ3n) is 4.33. The van der Waals surface area contributed by atoms with Gasteiger partial charge < -0.3 is 15.8 Å². The van der Waals surface area contributed by atoms with Gasteiger partial charge in [0.2, 0.25) is 0 Å². The van der Waals surface area contributed by atoms with Crippen molar-refractivity contribution in [2.24, 2.45) is 11.7 Å². The van der Waals surface area contributed by atoms with Crippen LogP contribution in [-0.4, -0.2) is 25.1 Å². The van der Waals surface area contributed by atoms with Gasteiger partial charge in [-0.15, -0.1) is 0 Å². The SMILES string of the molecule is NC1CCCC(CNC(=O)c2ccc3c(c2)CCO3)C1. The second-order valence-electron chi connectivity index (χ2n) is 5.92. The van der Waals surface area contributed by atoms with Gasteiger partial charge in [0.15, 0.2) is 0 Å². The molecule has 108 valence electrons. The van der Waals surface area contributed by atoms with Gasteiger partial charge in [-0.2, -0.15) is 0 Å². The van der Waals surface area contributed by atoms with Crippen LogP contribution < -0.4 is 15.8 Å². The maximum atomic E-state index is 12.2.